The summed E-state index contributed by atoms with van der Waals surface area (Å²) in [6.45, 7) is 2.69. The Bertz CT molecular complexity index is 729. The summed E-state index contributed by atoms with van der Waals surface area (Å²) in [5, 5.41) is 15.6. The molecular formula is C18H21N3O2. The third kappa shape index (κ3) is 2.45. The van der Waals surface area contributed by atoms with Gasteiger partial charge in [0.15, 0.2) is 0 Å². The molecule has 1 spiro atoms. The Balaban J connectivity index is 1.46. The highest BCUT2D eigenvalue weighted by molar-refractivity contribution is 5.86. The molecule has 1 saturated heterocycles. The van der Waals surface area contributed by atoms with Gasteiger partial charge in [-0.3, -0.25) is 10.00 Å². The van der Waals surface area contributed by atoms with Crippen LogP contribution < -0.4 is 0 Å². The lowest BCUT2D eigenvalue weighted by atomic mass is 9.74. The first kappa shape index (κ1) is 14.5. The number of carboxylic acid groups (broad SMARTS) is 1. The van der Waals surface area contributed by atoms with E-state index in [-0.39, 0.29) is 5.69 Å². The van der Waals surface area contributed by atoms with E-state index in [0.29, 0.717) is 12.0 Å². The number of aryl methyl sites for hydroxylation is 1. The predicted molar refractivity (Wildman–Crippen MR) is 86.5 cm³/mol. The number of fused-ring (bicyclic) bond motifs is 2. The molecule has 1 aliphatic carbocycles. The van der Waals surface area contributed by atoms with Gasteiger partial charge >= 0.3 is 5.97 Å². The normalized spacial score (nSPS) is 19.8. The van der Waals surface area contributed by atoms with Crippen molar-refractivity contribution in [3.63, 3.8) is 0 Å². The largest absolute Gasteiger partial charge is 0.477 e. The molecule has 23 heavy (non-hydrogen) atoms. The summed E-state index contributed by atoms with van der Waals surface area (Å²) in [5.74, 6) is -0.935. The molecule has 0 radical (unpaired) electrons. The zero-order valence-electron chi connectivity index (χ0n) is 13.1. The summed E-state index contributed by atoms with van der Waals surface area (Å²) >= 11 is 0. The van der Waals surface area contributed by atoms with Crippen molar-refractivity contribution in [2.24, 2.45) is 0 Å². The van der Waals surface area contributed by atoms with E-state index in [9.17, 15) is 9.90 Å². The summed E-state index contributed by atoms with van der Waals surface area (Å²) in [6.07, 6.45) is 6.40. The van der Waals surface area contributed by atoms with Gasteiger partial charge in [-0.25, -0.2) is 4.79 Å². The number of carbonyl (C=O) groups is 1. The highest BCUT2D eigenvalue weighted by Gasteiger charge is 2.40. The smallest absolute Gasteiger partial charge is 0.354 e. The van der Waals surface area contributed by atoms with Gasteiger partial charge in [-0.15, -0.1) is 0 Å². The van der Waals surface area contributed by atoms with Crippen molar-refractivity contribution in [3.8, 4) is 0 Å². The molecule has 2 aliphatic rings. The number of likely N-dealkylation sites (tertiary alicyclic amines) is 1. The first-order valence-corrected chi connectivity index (χ1v) is 8.24. The predicted octanol–water partition coefficient (Wildman–Crippen LogP) is 2.59. The molecule has 1 aromatic heterocycles. The number of H-pyrrole nitrogens is 1. The lowest BCUT2D eigenvalue weighted by molar-refractivity contribution is 0.0687. The Morgan fingerprint density at radius 1 is 1.26 bits per heavy atom. The van der Waals surface area contributed by atoms with E-state index in [0.717, 1.165) is 31.5 Å². The second-order valence-electron chi connectivity index (χ2n) is 6.79. The van der Waals surface area contributed by atoms with Crippen LogP contribution in [0.2, 0.25) is 0 Å². The first-order valence-electron chi connectivity index (χ1n) is 8.24. The topological polar surface area (TPSA) is 69.2 Å². The molecule has 2 heterocycles. The number of piperidine rings is 1. The highest BCUT2D eigenvalue weighted by atomic mass is 16.4. The van der Waals surface area contributed by atoms with Crippen molar-refractivity contribution in [2.45, 2.75) is 37.6 Å². The standard InChI is InChI=1S/C18H21N3O2/c22-17(23)16-14(11-19-20-16)12-21-9-7-18(8-10-21)6-5-13-3-1-2-4-15(13)18/h1-4,11H,5-10,12H2,(H,19,20)(H,22,23). The van der Waals surface area contributed by atoms with Crippen LogP contribution in [0.4, 0.5) is 0 Å². The van der Waals surface area contributed by atoms with Crippen LogP contribution >= 0.6 is 0 Å². The maximum Gasteiger partial charge on any atom is 0.354 e. The van der Waals surface area contributed by atoms with Gasteiger partial charge < -0.3 is 5.11 Å². The van der Waals surface area contributed by atoms with Gasteiger partial charge in [0.2, 0.25) is 0 Å². The fraction of sp³-hybridized carbons (Fsp3) is 0.444. The second kappa shape index (κ2) is 5.49. The van der Waals surface area contributed by atoms with Gasteiger partial charge in [-0.2, -0.15) is 5.10 Å². The van der Waals surface area contributed by atoms with Gasteiger partial charge in [-0.1, -0.05) is 24.3 Å². The van der Waals surface area contributed by atoms with Gasteiger partial charge in [-0.05, 0) is 55.3 Å². The van der Waals surface area contributed by atoms with Crippen LogP contribution in [0.15, 0.2) is 30.5 Å². The molecular weight excluding hydrogens is 290 g/mol. The summed E-state index contributed by atoms with van der Waals surface area (Å²) in [7, 11) is 0. The lowest BCUT2D eigenvalue weighted by Gasteiger charge is -2.40. The maximum atomic E-state index is 11.2. The van der Waals surface area contributed by atoms with Crippen LogP contribution in [0.1, 0.15) is 46.4 Å². The molecule has 0 unspecified atom stereocenters. The number of nitrogens with one attached hydrogen (secondary N) is 1. The average molecular weight is 311 g/mol. The van der Waals surface area contributed by atoms with Crippen LogP contribution in [0.3, 0.4) is 0 Å². The molecule has 0 saturated carbocycles. The van der Waals surface area contributed by atoms with E-state index < -0.39 is 5.97 Å². The Morgan fingerprint density at radius 2 is 2.04 bits per heavy atom. The number of aromatic amines is 1. The van der Waals surface area contributed by atoms with Crippen LogP contribution in [0.25, 0.3) is 0 Å². The molecule has 5 nitrogen and oxygen atoms in total. The van der Waals surface area contributed by atoms with E-state index in [1.54, 1.807) is 11.8 Å². The third-order valence-electron chi connectivity index (χ3n) is 5.60. The number of rotatable bonds is 3. The van der Waals surface area contributed by atoms with Gasteiger partial charge in [0.25, 0.3) is 0 Å². The van der Waals surface area contributed by atoms with Crippen molar-refractivity contribution in [2.75, 3.05) is 13.1 Å². The minimum Gasteiger partial charge on any atom is -0.477 e. The van der Waals surface area contributed by atoms with Crippen molar-refractivity contribution < 1.29 is 9.90 Å². The molecule has 0 atom stereocenters. The Kier molecular flexibility index (Phi) is 3.45. The van der Waals surface area contributed by atoms with Crippen molar-refractivity contribution in [1.29, 1.82) is 0 Å². The molecule has 0 bridgehead atoms. The fourth-order valence-corrected chi connectivity index (χ4v) is 4.28. The monoisotopic (exact) mass is 311 g/mol. The molecule has 2 aromatic rings. The SMILES string of the molecule is O=C(O)c1[nH]ncc1CN1CCC2(CCc3ccccc32)CC1. The van der Waals surface area contributed by atoms with Gasteiger partial charge in [0.1, 0.15) is 5.69 Å². The molecule has 4 rings (SSSR count). The van der Waals surface area contributed by atoms with Gasteiger partial charge in [0, 0.05) is 12.1 Å². The molecule has 1 aromatic carbocycles. The fourth-order valence-electron chi connectivity index (χ4n) is 4.28. The van der Waals surface area contributed by atoms with E-state index in [2.05, 4.69) is 39.4 Å². The molecule has 2 N–H and O–H groups in total. The Labute approximate surface area is 135 Å². The Morgan fingerprint density at radius 3 is 2.83 bits per heavy atom. The van der Waals surface area contributed by atoms with Crippen molar-refractivity contribution in [1.82, 2.24) is 15.1 Å². The summed E-state index contributed by atoms with van der Waals surface area (Å²) < 4.78 is 0. The first-order chi connectivity index (χ1) is 11.2. The van der Waals surface area contributed by atoms with Crippen LogP contribution in [-0.2, 0) is 18.4 Å². The second-order valence-corrected chi connectivity index (χ2v) is 6.79. The van der Waals surface area contributed by atoms with Crippen LogP contribution in [0, 0.1) is 0 Å². The van der Waals surface area contributed by atoms with E-state index in [4.69, 9.17) is 0 Å². The Hall–Kier alpha value is -2.14. The zero-order chi connectivity index (χ0) is 15.9. The number of nitrogens with zero attached hydrogens (tertiary/aromatic N) is 2. The number of hydrogen-bond acceptors (Lipinski definition) is 3. The zero-order valence-corrected chi connectivity index (χ0v) is 13.1. The van der Waals surface area contributed by atoms with Crippen LogP contribution in [0.5, 0.6) is 0 Å². The average Bonchev–Trinajstić information content (AvgIpc) is 3.16. The van der Waals surface area contributed by atoms with E-state index in [1.165, 1.54) is 18.4 Å². The molecule has 0 amide bonds. The van der Waals surface area contributed by atoms with Crippen molar-refractivity contribution in [3.05, 3.63) is 52.8 Å². The summed E-state index contributed by atoms with van der Waals surface area (Å²) in [4.78, 5) is 13.5. The van der Waals surface area contributed by atoms with E-state index in [1.807, 2.05) is 0 Å². The third-order valence-corrected chi connectivity index (χ3v) is 5.60. The minimum atomic E-state index is -0.935. The number of carboxylic acids is 1. The van der Waals surface area contributed by atoms with E-state index >= 15 is 0 Å². The number of hydrogen-bond donors (Lipinski definition) is 2. The molecule has 5 heteroatoms. The number of aromatic nitrogens is 2. The highest BCUT2D eigenvalue weighted by Crippen LogP contribution is 2.46. The number of benzene rings is 1. The number of aromatic carboxylic acids is 1. The maximum absolute atomic E-state index is 11.2. The summed E-state index contributed by atoms with van der Waals surface area (Å²) in [5.41, 5.74) is 4.41. The quantitative estimate of drug-likeness (QED) is 0.914. The molecule has 120 valence electrons. The van der Waals surface area contributed by atoms with Crippen molar-refractivity contribution >= 4 is 5.97 Å². The minimum absolute atomic E-state index is 0.219. The molecule has 1 aliphatic heterocycles. The lowest BCUT2D eigenvalue weighted by Crippen LogP contribution is -2.41. The summed E-state index contributed by atoms with van der Waals surface area (Å²) in [6, 6.07) is 8.86. The van der Waals surface area contributed by atoms with Gasteiger partial charge in [0.05, 0.1) is 6.20 Å². The van der Waals surface area contributed by atoms with Crippen LogP contribution in [-0.4, -0.2) is 39.3 Å². The molecule has 1 fully saturated rings.